The van der Waals surface area contributed by atoms with Gasteiger partial charge in [0.15, 0.2) is 18.1 Å². The van der Waals surface area contributed by atoms with Gasteiger partial charge in [-0.1, -0.05) is 72.8 Å². The van der Waals surface area contributed by atoms with Gasteiger partial charge in [0.1, 0.15) is 6.61 Å². The van der Waals surface area contributed by atoms with E-state index in [4.69, 9.17) is 14.2 Å². The van der Waals surface area contributed by atoms with E-state index in [-0.39, 0.29) is 19.1 Å². The lowest BCUT2D eigenvalue weighted by atomic mass is 10.1. The number of hydrogen-bond donors (Lipinski definition) is 0. The van der Waals surface area contributed by atoms with E-state index in [1.165, 1.54) is 0 Å². The first-order valence-electron chi connectivity index (χ1n) is 10.6. The molecule has 1 atom stereocenters. The highest BCUT2D eigenvalue weighted by Crippen LogP contribution is 2.31. The molecule has 1 amide bonds. The Hall–Kier alpha value is -3.80. The van der Waals surface area contributed by atoms with E-state index in [1.54, 1.807) is 23.1 Å². The Morgan fingerprint density at radius 3 is 2.19 bits per heavy atom. The van der Waals surface area contributed by atoms with Crippen molar-refractivity contribution < 1.29 is 23.8 Å². The molecule has 1 aliphatic heterocycles. The molecule has 0 fully saturated rings. The van der Waals surface area contributed by atoms with Gasteiger partial charge in [-0.2, -0.15) is 0 Å². The zero-order chi connectivity index (χ0) is 22.2. The summed E-state index contributed by atoms with van der Waals surface area (Å²) < 4.78 is 16.5. The normalized spacial score (nSPS) is 14.4. The molecule has 32 heavy (non-hydrogen) atoms. The zero-order valence-corrected chi connectivity index (χ0v) is 17.7. The van der Waals surface area contributed by atoms with Gasteiger partial charge < -0.3 is 19.1 Å². The van der Waals surface area contributed by atoms with Crippen LogP contribution in [0.2, 0.25) is 0 Å². The molecule has 6 nitrogen and oxygen atoms in total. The minimum absolute atomic E-state index is 0.0474. The Morgan fingerprint density at radius 2 is 1.47 bits per heavy atom. The van der Waals surface area contributed by atoms with E-state index in [9.17, 15) is 9.59 Å². The summed E-state index contributed by atoms with van der Waals surface area (Å²) in [4.78, 5) is 27.1. The van der Waals surface area contributed by atoms with Gasteiger partial charge in [0.05, 0.1) is 0 Å². The van der Waals surface area contributed by atoms with Crippen molar-refractivity contribution >= 4 is 11.9 Å². The van der Waals surface area contributed by atoms with Gasteiger partial charge >= 0.3 is 5.97 Å². The number of carbonyl (C=O) groups excluding carboxylic acids is 2. The summed E-state index contributed by atoms with van der Waals surface area (Å²) in [6, 6.07) is 26.9. The second-order valence-corrected chi connectivity index (χ2v) is 7.51. The Kier molecular flexibility index (Phi) is 7.02. The monoisotopic (exact) mass is 431 g/mol. The number of rotatable bonds is 8. The zero-order valence-electron chi connectivity index (χ0n) is 17.7. The molecule has 4 rings (SSSR count). The van der Waals surface area contributed by atoms with Crippen LogP contribution < -0.4 is 9.47 Å². The van der Waals surface area contributed by atoms with Crippen molar-refractivity contribution in [2.75, 3.05) is 19.8 Å². The topological polar surface area (TPSA) is 65.1 Å². The van der Waals surface area contributed by atoms with Crippen molar-refractivity contribution in [3.05, 3.63) is 96.1 Å². The molecule has 0 unspecified atom stereocenters. The standard InChI is InChI=1S/C26H25NO5/c28-25(19-31-26(29)24-18-30-22-13-7-8-14-23(22)32-24)27(17-21-11-5-2-6-12-21)16-15-20-9-3-1-4-10-20/h1-14,24H,15-19H2/t24-/m0/s1. The van der Waals surface area contributed by atoms with Crippen LogP contribution >= 0.6 is 0 Å². The molecule has 0 N–H and O–H groups in total. The SMILES string of the molecule is O=C(OCC(=O)N(CCc1ccccc1)Cc1ccccc1)[C@@H]1COc2ccccc2O1. The number of ether oxygens (including phenoxy) is 3. The summed E-state index contributed by atoms with van der Waals surface area (Å²) in [7, 11) is 0. The van der Waals surface area contributed by atoms with Gasteiger partial charge in [-0.15, -0.1) is 0 Å². The van der Waals surface area contributed by atoms with E-state index < -0.39 is 12.1 Å². The molecule has 6 heteroatoms. The molecule has 0 radical (unpaired) electrons. The van der Waals surface area contributed by atoms with Crippen LogP contribution in [0.15, 0.2) is 84.9 Å². The molecule has 164 valence electrons. The Balaban J connectivity index is 1.35. The van der Waals surface area contributed by atoms with Gasteiger partial charge in [-0.3, -0.25) is 4.79 Å². The minimum Gasteiger partial charge on any atom is -0.485 e. The third-order valence-corrected chi connectivity index (χ3v) is 5.19. The van der Waals surface area contributed by atoms with Crippen LogP contribution in [-0.4, -0.2) is 42.6 Å². The van der Waals surface area contributed by atoms with Gasteiger partial charge in [0.2, 0.25) is 6.10 Å². The summed E-state index contributed by atoms with van der Waals surface area (Å²) >= 11 is 0. The molecule has 1 heterocycles. The quantitative estimate of drug-likeness (QED) is 0.510. The fourth-order valence-electron chi connectivity index (χ4n) is 3.46. The highest BCUT2D eigenvalue weighted by Gasteiger charge is 2.29. The number of para-hydroxylation sites is 2. The van der Waals surface area contributed by atoms with E-state index in [2.05, 4.69) is 0 Å². The fraction of sp³-hybridized carbons (Fsp3) is 0.231. The van der Waals surface area contributed by atoms with Crippen LogP contribution in [0.3, 0.4) is 0 Å². The highest BCUT2D eigenvalue weighted by atomic mass is 16.6. The summed E-state index contributed by atoms with van der Waals surface area (Å²) in [6.07, 6.45) is -0.187. The van der Waals surface area contributed by atoms with Gasteiger partial charge in [0, 0.05) is 13.1 Å². The average Bonchev–Trinajstić information content (AvgIpc) is 2.85. The van der Waals surface area contributed by atoms with Crippen LogP contribution in [0.4, 0.5) is 0 Å². The van der Waals surface area contributed by atoms with Crippen LogP contribution in [0.1, 0.15) is 11.1 Å². The van der Waals surface area contributed by atoms with Crippen molar-refractivity contribution in [2.24, 2.45) is 0 Å². The maximum Gasteiger partial charge on any atom is 0.351 e. The molecule has 3 aromatic rings. The summed E-state index contributed by atoms with van der Waals surface area (Å²) in [6.45, 7) is 0.667. The molecule has 0 aromatic heterocycles. The lowest BCUT2D eigenvalue weighted by Crippen LogP contribution is -2.41. The summed E-state index contributed by atoms with van der Waals surface area (Å²) in [5.74, 6) is 0.203. The first kappa shape index (κ1) is 21.4. The number of esters is 1. The average molecular weight is 431 g/mol. The van der Waals surface area contributed by atoms with E-state index in [0.717, 1.165) is 11.1 Å². The second-order valence-electron chi connectivity index (χ2n) is 7.51. The number of fused-ring (bicyclic) bond motifs is 1. The number of nitrogens with zero attached hydrogens (tertiary/aromatic N) is 1. The van der Waals surface area contributed by atoms with Crippen molar-refractivity contribution in [1.29, 1.82) is 0 Å². The maximum absolute atomic E-state index is 12.9. The Bertz CT molecular complexity index is 1040. The molecule has 0 saturated carbocycles. The van der Waals surface area contributed by atoms with Gasteiger partial charge in [-0.25, -0.2) is 4.79 Å². The number of amides is 1. The van der Waals surface area contributed by atoms with Crippen LogP contribution in [0.5, 0.6) is 11.5 Å². The fourth-order valence-corrected chi connectivity index (χ4v) is 3.46. The van der Waals surface area contributed by atoms with Crippen LogP contribution in [0.25, 0.3) is 0 Å². The smallest absolute Gasteiger partial charge is 0.351 e. The van der Waals surface area contributed by atoms with Gasteiger partial charge in [-0.05, 0) is 29.7 Å². The predicted molar refractivity (Wildman–Crippen MR) is 119 cm³/mol. The first-order chi connectivity index (χ1) is 15.7. The third kappa shape index (κ3) is 5.66. The lowest BCUT2D eigenvalue weighted by Gasteiger charge is -2.26. The minimum atomic E-state index is -0.899. The molecule has 0 spiro atoms. The van der Waals surface area contributed by atoms with Gasteiger partial charge in [0.25, 0.3) is 5.91 Å². The predicted octanol–water partition coefficient (Wildman–Crippen LogP) is 3.64. The molecular weight excluding hydrogens is 406 g/mol. The molecule has 0 saturated heterocycles. The number of benzene rings is 3. The van der Waals surface area contributed by atoms with E-state index in [0.29, 0.717) is 31.0 Å². The molecule has 1 aliphatic rings. The Labute approximate surface area is 187 Å². The van der Waals surface area contributed by atoms with Crippen molar-refractivity contribution in [1.82, 2.24) is 4.90 Å². The van der Waals surface area contributed by atoms with Crippen LogP contribution in [0, 0.1) is 0 Å². The van der Waals surface area contributed by atoms with Crippen molar-refractivity contribution in [3.63, 3.8) is 0 Å². The van der Waals surface area contributed by atoms with E-state index >= 15 is 0 Å². The highest BCUT2D eigenvalue weighted by molar-refractivity contribution is 5.82. The lowest BCUT2D eigenvalue weighted by molar-refractivity contribution is -0.160. The van der Waals surface area contributed by atoms with Crippen molar-refractivity contribution in [3.8, 4) is 11.5 Å². The van der Waals surface area contributed by atoms with E-state index in [1.807, 2.05) is 66.7 Å². The Morgan fingerprint density at radius 1 is 0.844 bits per heavy atom. The molecule has 0 aliphatic carbocycles. The summed E-state index contributed by atoms with van der Waals surface area (Å²) in [5, 5.41) is 0. The second kappa shape index (κ2) is 10.5. The van der Waals surface area contributed by atoms with Crippen molar-refractivity contribution in [2.45, 2.75) is 19.1 Å². The number of carbonyl (C=O) groups is 2. The molecular formula is C26H25NO5. The third-order valence-electron chi connectivity index (χ3n) is 5.19. The van der Waals surface area contributed by atoms with Crippen LogP contribution in [-0.2, 0) is 27.3 Å². The first-order valence-corrected chi connectivity index (χ1v) is 10.6. The largest absolute Gasteiger partial charge is 0.485 e. The maximum atomic E-state index is 12.9. The molecule has 3 aromatic carbocycles. The summed E-state index contributed by atoms with van der Waals surface area (Å²) in [5.41, 5.74) is 2.16. The molecule has 0 bridgehead atoms. The number of hydrogen-bond acceptors (Lipinski definition) is 5.